The molecule has 0 unspecified atom stereocenters. The maximum Gasteiger partial charge on any atom is 0.240 e. The van der Waals surface area contributed by atoms with Gasteiger partial charge in [0.15, 0.2) is 0 Å². The summed E-state index contributed by atoms with van der Waals surface area (Å²) in [6, 6.07) is 16.6. The minimum Gasteiger partial charge on any atom is -0.346 e. The molecule has 0 atom stereocenters. The maximum atomic E-state index is 12.4. The summed E-state index contributed by atoms with van der Waals surface area (Å²) in [6.07, 6.45) is 7.57. The molecule has 27 heavy (non-hydrogen) atoms. The molecule has 2 aromatic heterocycles. The standard InChI is InChI=1S/C20H20N4O2S/c25-27(26,18-6-2-1-3-7-18)22-11-13-24-15-17(14-23-12-10-21-16-23)19-8-4-5-9-20(19)24/h1-10,12,15-16,22H,11,13-14H2. The van der Waals surface area contributed by atoms with Crippen LogP contribution in [0, 0.1) is 0 Å². The van der Waals surface area contributed by atoms with Crippen molar-refractivity contribution in [3.05, 3.63) is 85.1 Å². The maximum absolute atomic E-state index is 12.4. The summed E-state index contributed by atoms with van der Waals surface area (Å²) < 4.78 is 31.5. The molecule has 7 heteroatoms. The third-order valence-corrected chi connectivity index (χ3v) is 5.96. The number of hydrogen-bond acceptors (Lipinski definition) is 3. The summed E-state index contributed by atoms with van der Waals surface area (Å²) in [5.41, 5.74) is 2.26. The van der Waals surface area contributed by atoms with Gasteiger partial charge in [0, 0.05) is 42.6 Å². The summed E-state index contributed by atoms with van der Waals surface area (Å²) >= 11 is 0. The van der Waals surface area contributed by atoms with Crippen molar-refractivity contribution in [2.75, 3.05) is 6.54 Å². The fourth-order valence-electron chi connectivity index (χ4n) is 3.19. The van der Waals surface area contributed by atoms with Gasteiger partial charge in [0.1, 0.15) is 0 Å². The molecule has 0 fully saturated rings. The molecule has 4 rings (SSSR count). The topological polar surface area (TPSA) is 68.9 Å². The van der Waals surface area contributed by atoms with Crippen molar-refractivity contribution < 1.29 is 8.42 Å². The molecular weight excluding hydrogens is 360 g/mol. The third kappa shape index (κ3) is 3.79. The molecule has 0 aliphatic carbocycles. The zero-order chi connectivity index (χ0) is 18.7. The molecule has 1 N–H and O–H groups in total. The predicted molar refractivity (Wildman–Crippen MR) is 105 cm³/mol. The number of fused-ring (bicyclic) bond motifs is 1. The van der Waals surface area contributed by atoms with Gasteiger partial charge in [-0.1, -0.05) is 36.4 Å². The Balaban J connectivity index is 1.52. The van der Waals surface area contributed by atoms with E-state index in [9.17, 15) is 8.42 Å². The number of nitrogens with one attached hydrogen (secondary N) is 1. The second-order valence-corrected chi connectivity index (χ2v) is 8.08. The lowest BCUT2D eigenvalue weighted by atomic mass is 10.2. The SMILES string of the molecule is O=S(=O)(NCCn1cc(Cn2ccnc2)c2ccccc21)c1ccccc1. The average Bonchev–Trinajstić information content (AvgIpc) is 3.32. The third-order valence-electron chi connectivity index (χ3n) is 4.48. The van der Waals surface area contributed by atoms with Gasteiger partial charge in [-0.2, -0.15) is 0 Å². The molecule has 0 aliphatic heterocycles. The van der Waals surface area contributed by atoms with E-state index in [0.29, 0.717) is 13.1 Å². The van der Waals surface area contributed by atoms with E-state index in [1.165, 1.54) is 5.56 Å². The van der Waals surface area contributed by atoms with Crippen LogP contribution in [0.15, 0.2) is 84.4 Å². The summed E-state index contributed by atoms with van der Waals surface area (Å²) in [4.78, 5) is 4.37. The molecule has 138 valence electrons. The normalized spacial score (nSPS) is 11.9. The van der Waals surface area contributed by atoms with Crippen molar-refractivity contribution in [1.82, 2.24) is 18.8 Å². The number of benzene rings is 2. The van der Waals surface area contributed by atoms with Crippen LogP contribution in [0.5, 0.6) is 0 Å². The highest BCUT2D eigenvalue weighted by Gasteiger charge is 2.13. The molecule has 0 spiro atoms. The number of rotatable bonds is 7. The molecule has 0 bridgehead atoms. The summed E-state index contributed by atoms with van der Waals surface area (Å²) in [5, 5.41) is 1.16. The molecule has 0 radical (unpaired) electrons. The van der Waals surface area contributed by atoms with E-state index >= 15 is 0 Å². The Morgan fingerprint density at radius 2 is 1.78 bits per heavy atom. The Kier molecular flexibility index (Phi) is 4.79. The summed E-state index contributed by atoms with van der Waals surface area (Å²) in [6.45, 7) is 1.60. The van der Waals surface area contributed by atoms with E-state index in [4.69, 9.17) is 0 Å². The van der Waals surface area contributed by atoms with E-state index in [1.54, 1.807) is 42.9 Å². The first-order valence-corrected chi connectivity index (χ1v) is 10.2. The fourth-order valence-corrected chi connectivity index (χ4v) is 4.24. The minimum absolute atomic E-state index is 0.281. The number of sulfonamides is 1. The number of nitrogens with zero attached hydrogens (tertiary/aromatic N) is 3. The van der Waals surface area contributed by atoms with E-state index < -0.39 is 10.0 Å². The molecule has 0 aliphatic rings. The van der Waals surface area contributed by atoms with Crippen LogP contribution < -0.4 is 4.72 Å². The minimum atomic E-state index is -3.49. The number of imidazole rings is 1. The molecule has 6 nitrogen and oxygen atoms in total. The molecule has 0 saturated heterocycles. The highest BCUT2D eigenvalue weighted by atomic mass is 32.2. The van der Waals surface area contributed by atoms with Crippen molar-refractivity contribution in [2.45, 2.75) is 18.0 Å². The lowest BCUT2D eigenvalue weighted by Crippen LogP contribution is -2.27. The van der Waals surface area contributed by atoms with Crippen LogP contribution in [0.25, 0.3) is 10.9 Å². The zero-order valence-corrected chi connectivity index (χ0v) is 15.5. The molecule has 2 heterocycles. The first-order chi connectivity index (χ1) is 13.1. The zero-order valence-electron chi connectivity index (χ0n) is 14.7. The Morgan fingerprint density at radius 1 is 1.00 bits per heavy atom. The van der Waals surface area contributed by atoms with Gasteiger partial charge in [-0.25, -0.2) is 18.1 Å². The van der Waals surface area contributed by atoms with Gasteiger partial charge < -0.3 is 9.13 Å². The predicted octanol–water partition coefficient (Wildman–Crippen LogP) is 2.86. The van der Waals surface area contributed by atoms with Crippen LogP contribution in [0.2, 0.25) is 0 Å². The highest BCUT2D eigenvalue weighted by molar-refractivity contribution is 7.89. The first kappa shape index (κ1) is 17.5. The van der Waals surface area contributed by atoms with Crippen LogP contribution in [0.1, 0.15) is 5.56 Å². The Hall–Kier alpha value is -2.90. The van der Waals surface area contributed by atoms with Gasteiger partial charge >= 0.3 is 0 Å². The lowest BCUT2D eigenvalue weighted by Gasteiger charge is -2.08. The second-order valence-electron chi connectivity index (χ2n) is 6.31. The monoisotopic (exact) mass is 380 g/mol. The number of hydrogen-bond donors (Lipinski definition) is 1. The quantitative estimate of drug-likeness (QED) is 0.536. The largest absolute Gasteiger partial charge is 0.346 e. The van der Waals surface area contributed by atoms with Crippen LogP contribution >= 0.6 is 0 Å². The van der Waals surface area contributed by atoms with E-state index in [0.717, 1.165) is 17.4 Å². The fraction of sp³-hybridized carbons (Fsp3) is 0.150. The van der Waals surface area contributed by atoms with Gasteiger partial charge in [-0.15, -0.1) is 0 Å². The van der Waals surface area contributed by atoms with Crippen LogP contribution in [-0.2, 0) is 23.1 Å². The van der Waals surface area contributed by atoms with Gasteiger partial charge in [0.25, 0.3) is 0 Å². The number of para-hydroxylation sites is 1. The molecule has 0 amide bonds. The van der Waals surface area contributed by atoms with Crippen molar-refractivity contribution in [3.8, 4) is 0 Å². The van der Waals surface area contributed by atoms with E-state index in [2.05, 4.69) is 32.6 Å². The van der Waals surface area contributed by atoms with Crippen molar-refractivity contribution in [1.29, 1.82) is 0 Å². The van der Waals surface area contributed by atoms with Crippen molar-refractivity contribution in [2.24, 2.45) is 0 Å². The lowest BCUT2D eigenvalue weighted by molar-refractivity contribution is 0.574. The van der Waals surface area contributed by atoms with E-state index in [1.807, 2.05) is 22.9 Å². The Bertz CT molecular complexity index is 1130. The molecule has 0 saturated carbocycles. The van der Waals surface area contributed by atoms with Gasteiger partial charge in [-0.05, 0) is 23.8 Å². The van der Waals surface area contributed by atoms with Gasteiger partial charge in [-0.3, -0.25) is 0 Å². The molecule has 2 aromatic carbocycles. The molecular formula is C20H20N4O2S. The molecule has 4 aromatic rings. The van der Waals surface area contributed by atoms with E-state index in [-0.39, 0.29) is 4.90 Å². The smallest absolute Gasteiger partial charge is 0.240 e. The van der Waals surface area contributed by atoms with Crippen molar-refractivity contribution in [3.63, 3.8) is 0 Å². The van der Waals surface area contributed by atoms with Crippen LogP contribution in [0.3, 0.4) is 0 Å². The first-order valence-electron chi connectivity index (χ1n) is 8.71. The van der Waals surface area contributed by atoms with Gasteiger partial charge in [0.05, 0.1) is 17.8 Å². The Morgan fingerprint density at radius 3 is 2.56 bits per heavy atom. The van der Waals surface area contributed by atoms with Crippen molar-refractivity contribution >= 4 is 20.9 Å². The summed E-state index contributed by atoms with van der Waals surface area (Å²) in [5.74, 6) is 0. The van der Waals surface area contributed by atoms with Crippen LogP contribution in [0.4, 0.5) is 0 Å². The van der Waals surface area contributed by atoms with Crippen LogP contribution in [-0.4, -0.2) is 29.1 Å². The highest BCUT2D eigenvalue weighted by Crippen LogP contribution is 2.22. The average molecular weight is 380 g/mol. The van der Waals surface area contributed by atoms with Gasteiger partial charge in [0.2, 0.25) is 10.0 Å². The number of aromatic nitrogens is 3. The second kappa shape index (κ2) is 7.38. The summed E-state index contributed by atoms with van der Waals surface area (Å²) in [7, 11) is -3.49. The Labute approximate surface area is 158 Å².